The van der Waals surface area contributed by atoms with Crippen LogP contribution in [0.3, 0.4) is 0 Å². The second-order valence-electron chi connectivity index (χ2n) is 7.60. The van der Waals surface area contributed by atoms with Crippen molar-refractivity contribution in [2.75, 3.05) is 31.6 Å². The average Bonchev–Trinajstić information content (AvgIpc) is 2.91. The predicted octanol–water partition coefficient (Wildman–Crippen LogP) is 2.95. The van der Waals surface area contributed by atoms with E-state index in [9.17, 15) is 4.79 Å². The van der Waals surface area contributed by atoms with E-state index in [1.54, 1.807) is 11.1 Å². The van der Waals surface area contributed by atoms with Crippen LogP contribution in [0.15, 0.2) is 12.4 Å². The van der Waals surface area contributed by atoms with Crippen LogP contribution < -0.4 is 4.90 Å². The van der Waals surface area contributed by atoms with Crippen LogP contribution in [-0.2, 0) is 4.74 Å². The summed E-state index contributed by atoms with van der Waals surface area (Å²) in [6, 6.07) is 0. The number of likely N-dealkylation sites (N-methyl/N-ethyl adjacent to an activating group) is 1. The molecule has 130 valence electrons. The first kappa shape index (κ1) is 15.8. The number of aromatic nitrogens is 2. The molecule has 2 saturated heterocycles. The van der Waals surface area contributed by atoms with Crippen molar-refractivity contribution in [3.05, 3.63) is 18.1 Å². The van der Waals surface area contributed by atoms with E-state index in [1.807, 2.05) is 6.20 Å². The number of likely N-dealkylation sites (tertiary alicyclic amines) is 1. The van der Waals surface area contributed by atoms with Crippen molar-refractivity contribution < 1.29 is 9.53 Å². The number of nitrogens with zero attached hydrogens (tertiary/aromatic N) is 4. The molecule has 4 rings (SSSR count). The number of ether oxygens (including phenoxy) is 1. The highest BCUT2D eigenvalue weighted by molar-refractivity contribution is 5.89. The summed E-state index contributed by atoms with van der Waals surface area (Å²) < 4.78 is 5.77. The van der Waals surface area contributed by atoms with Gasteiger partial charge in [-0.15, -0.1) is 0 Å². The quantitative estimate of drug-likeness (QED) is 0.834. The molecule has 1 aromatic heterocycles. The summed E-state index contributed by atoms with van der Waals surface area (Å²) in [5, 5.41) is 0. The van der Waals surface area contributed by atoms with Crippen molar-refractivity contribution >= 4 is 11.9 Å². The molecular formula is C18H26N4O2. The van der Waals surface area contributed by atoms with Crippen molar-refractivity contribution in [3.63, 3.8) is 0 Å². The molecule has 1 aromatic rings. The Bertz CT molecular complexity index is 615. The van der Waals surface area contributed by atoms with E-state index in [2.05, 4.69) is 16.9 Å². The standard InChI is InChI=1S/C18H26N4O2/c1-21-9-5-6-14(12-21)15-10-19-11-16(20-15)22-13-18(24-17(22)23)7-3-2-4-8-18/h10-11,14H,2-9,12-13H2,1H3/t14-/m0/s1. The summed E-state index contributed by atoms with van der Waals surface area (Å²) in [5.74, 6) is 1.05. The van der Waals surface area contributed by atoms with Crippen molar-refractivity contribution in [2.24, 2.45) is 0 Å². The molecule has 1 saturated carbocycles. The third kappa shape index (κ3) is 2.99. The van der Waals surface area contributed by atoms with Gasteiger partial charge in [-0.25, -0.2) is 9.78 Å². The Kier molecular flexibility index (Phi) is 4.16. The SMILES string of the molecule is CN1CCC[C@H](c2cncc(N3CC4(CCCCC4)OC3=O)n2)C1. The maximum absolute atomic E-state index is 12.4. The van der Waals surface area contributed by atoms with Crippen LogP contribution in [0.4, 0.5) is 10.6 Å². The highest BCUT2D eigenvalue weighted by Gasteiger charge is 2.46. The van der Waals surface area contributed by atoms with Gasteiger partial charge in [0.1, 0.15) is 5.60 Å². The summed E-state index contributed by atoms with van der Waals surface area (Å²) in [6.45, 7) is 2.77. The van der Waals surface area contributed by atoms with Gasteiger partial charge in [0.05, 0.1) is 18.4 Å². The number of hydrogen-bond donors (Lipinski definition) is 0. The summed E-state index contributed by atoms with van der Waals surface area (Å²) in [4.78, 5) is 25.6. The molecule has 0 bridgehead atoms. The molecule has 1 spiro atoms. The molecule has 3 heterocycles. The Balaban J connectivity index is 1.54. The number of hydrogen-bond acceptors (Lipinski definition) is 5. The molecule has 1 aliphatic carbocycles. The lowest BCUT2D eigenvalue weighted by molar-refractivity contribution is 0.0260. The van der Waals surface area contributed by atoms with E-state index in [0.717, 1.165) is 50.9 Å². The van der Waals surface area contributed by atoms with Gasteiger partial charge in [-0.1, -0.05) is 6.42 Å². The Morgan fingerprint density at radius 2 is 2.04 bits per heavy atom. The molecule has 0 aromatic carbocycles. The maximum atomic E-state index is 12.4. The molecule has 3 fully saturated rings. The zero-order valence-corrected chi connectivity index (χ0v) is 14.4. The lowest BCUT2D eigenvalue weighted by atomic mass is 9.85. The van der Waals surface area contributed by atoms with Crippen LogP contribution in [0.2, 0.25) is 0 Å². The molecule has 2 aliphatic heterocycles. The zero-order chi connectivity index (χ0) is 16.6. The van der Waals surface area contributed by atoms with Gasteiger partial charge in [-0.05, 0) is 52.1 Å². The number of rotatable bonds is 2. The molecule has 0 radical (unpaired) electrons. The zero-order valence-electron chi connectivity index (χ0n) is 14.4. The van der Waals surface area contributed by atoms with E-state index in [-0.39, 0.29) is 11.7 Å². The normalized spacial score (nSPS) is 27.5. The maximum Gasteiger partial charge on any atom is 0.416 e. The third-order valence-electron chi connectivity index (χ3n) is 5.70. The minimum Gasteiger partial charge on any atom is -0.441 e. The van der Waals surface area contributed by atoms with Crippen LogP contribution in [0, 0.1) is 0 Å². The van der Waals surface area contributed by atoms with Crippen LogP contribution in [0.5, 0.6) is 0 Å². The van der Waals surface area contributed by atoms with Crippen molar-refractivity contribution in [1.29, 1.82) is 0 Å². The van der Waals surface area contributed by atoms with E-state index in [0.29, 0.717) is 18.3 Å². The van der Waals surface area contributed by atoms with E-state index < -0.39 is 0 Å². The first-order valence-corrected chi connectivity index (χ1v) is 9.16. The fraction of sp³-hybridized carbons (Fsp3) is 0.722. The van der Waals surface area contributed by atoms with E-state index in [4.69, 9.17) is 9.72 Å². The van der Waals surface area contributed by atoms with Gasteiger partial charge < -0.3 is 9.64 Å². The number of carbonyl (C=O) groups is 1. The van der Waals surface area contributed by atoms with Gasteiger partial charge in [0.15, 0.2) is 5.82 Å². The van der Waals surface area contributed by atoms with E-state index in [1.165, 1.54) is 12.8 Å². The molecule has 6 heteroatoms. The molecule has 24 heavy (non-hydrogen) atoms. The smallest absolute Gasteiger partial charge is 0.416 e. The van der Waals surface area contributed by atoms with Gasteiger partial charge >= 0.3 is 6.09 Å². The van der Waals surface area contributed by atoms with Gasteiger partial charge in [-0.3, -0.25) is 9.88 Å². The van der Waals surface area contributed by atoms with Gasteiger partial charge in [0, 0.05) is 18.7 Å². The van der Waals surface area contributed by atoms with Crippen LogP contribution in [0.25, 0.3) is 0 Å². The number of amides is 1. The largest absolute Gasteiger partial charge is 0.441 e. The summed E-state index contributed by atoms with van der Waals surface area (Å²) in [7, 11) is 2.15. The Labute approximate surface area is 143 Å². The van der Waals surface area contributed by atoms with Crippen LogP contribution >= 0.6 is 0 Å². The summed E-state index contributed by atoms with van der Waals surface area (Å²) in [5.41, 5.74) is 0.703. The first-order chi connectivity index (χ1) is 11.7. The molecule has 3 aliphatic rings. The molecule has 1 amide bonds. The Morgan fingerprint density at radius 3 is 2.83 bits per heavy atom. The van der Waals surface area contributed by atoms with Gasteiger partial charge in [0.2, 0.25) is 0 Å². The minimum atomic E-state index is -0.294. The first-order valence-electron chi connectivity index (χ1n) is 9.16. The second kappa shape index (κ2) is 6.31. The monoisotopic (exact) mass is 330 g/mol. The Morgan fingerprint density at radius 1 is 1.21 bits per heavy atom. The number of carbonyl (C=O) groups excluding carboxylic acids is 1. The van der Waals surface area contributed by atoms with Gasteiger partial charge in [0.25, 0.3) is 0 Å². The van der Waals surface area contributed by atoms with Crippen molar-refractivity contribution in [3.8, 4) is 0 Å². The number of piperidine rings is 1. The minimum absolute atomic E-state index is 0.260. The Hall–Kier alpha value is -1.69. The summed E-state index contributed by atoms with van der Waals surface area (Å²) >= 11 is 0. The highest BCUT2D eigenvalue weighted by Crippen LogP contribution is 2.38. The summed E-state index contributed by atoms with van der Waals surface area (Å²) in [6.07, 6.45) is 11.1. The molecule has 1 atom stereocenters. The third-order valence-corrected chi connectivity index (χ3v) is 5.70. The molecule has 6 nitrogen and oxygen atoms in total. The fourth-order valence-corrected chi connectivity index (χ4v) is 4.36. The number of anilines is 1. The lowest BCUT2D eigenvalue weighted by Gasteiger charge is -2.30. The lowest BCUT2D eigenvalue weighted by Crippen LogP contribution is -2.37. The molecule has 0 N–H and O–H groups in total. The van der Waals surface area contributed by atoms with Crippen molar-refractivity contribution in [1.82, 2.24) is 14.9 Å². The predicted molar refractivity (Wildman–Crippen MR) is 91.1 cm³/mol. The van der Waals surface area contributed by atoms with E-state index >= 15 is 0 Å². The average molecular weight is 330 g/mol. The van der Waals surface area contributed by atoms with Crippen LogP contribution in [0.1, 0.15) is 56.6 Å². The van der Waals surface area contributed by atoms with Crippen LogP contribution in [-0.4, -0.2) is 53.2 Å². The van der Waals surface area contributed by atoms with Gasteiger partial charge in [-0.2, -0.15) is 0 Å². The molecular weight excluding hydrogens is 304 g/mol. The highest BCUT2D eigenvalue weighted by atomic mass is 16.6. The fourth-order valence-electron chi connectivity index (χ4n) is 4.36. The van der Waals surface area contributed by atoms with Crippen molar-refractivity contribution in [2.45, 2.75) is 56.5 Å². The second-order valence-corrected chi connectivity index (χ2v) is 7.60. The topological polar surface area (TPSA) is 58.6 Å². The molecule has 0 unspecified atom stereocenters.